The first-order valence-corrected chi connectivity index (χ1v) is 10.6. The van der Waals surface area contributed by atoms with Gasteiger partial charge in [0, 0.05) is 17.2 Å². The number of carbonyl (C=O) groups excluding carboxylic acids is 2. The van der Waals surface area contributed by atoms with Crippen LogP contribution < -0.4 is 20.3 Å². The molecule has 1 aliphatic carbocycles. The van der Waals surface area contributed by atoms with Crippen LogP contribution in [0.25, 0.3) is 11.1 Å². The standard InChI is InChI=1S/C26H26N2O5/c1-26(2,17-13-18(31-3)15-19(14-17)32-4)33-25(30)28-27-24(29)22-11-7-10-21-20-9-6-5-8-16(20)12-23(21)22/h5-11,13-15H,12H2,1-4H3,(H,27,29)(H,28,30). The molecule has 0 radical (unpaired) electrons. The summed E-state index contributed by atoms with van der Waals surface area (Å²) >= 11 is 0. The fourth-order valence-electron chi connectivity index (χ4n) is 4.02. The Hall–Kier alpha value is -4.00. The quantitative estimate of drug-likeness (QED) is 0.438. The lowest BCUT2D eigenvalue weighted by atomic mass is 9.97. The van der Waals surface area contributed by atoms with Crippen LogP contribution in [0.5, 0.6) is 11.5 Å². The summed E-state index contributed by atoms with van der Waals surface area (Å²) in [5, 5.41) is 0. The van der Waals surface area contributed by atoms with Crippen LogP contribution in [0.4, 0.5) is 4.79 Å². The molecule has 0 aliphatic heterocycles. The van der Waals surface area contributed by atoms with Crippen LogP contribution in [0.15, 0.2) is 60.7 Å². The SMILES string of the molecule is COc1cc(OC)cc(C(C)(C)OC(=O)NNC(=O)c2cccc3c2Cc2ccccc2-3)c1. The van der Waals surface area contributed by atoms with Gasteiger partial charge in [0.2, 0.25) is 0 Å². The van der Waals surface area contributed by atoms with Gasteiger partial charge in [0.05, 0.1) is 14.2 Å². The molecule has 3 aromatic carbocycles. The van der Waals surface area contributed by atoms with E-state index >= 15 is 0 Å². The van der Waals surface area contributed by atoms with E-state index in [2.05, 4.69) is 16.9 Å². The van der Waals surface area contributed by atoms with Crippen molar-refractivity contribution < 1.29 is 23.8 Å². The second-order valence-corrected chi connectivity index (χ2v) is 8.25. The van der Waals surface area contributed by atoms with E-state index in [1.807, 2.05) is 30.3 Å². The number of nitrogens with one attached hydrogen (secondary N) is 2. The lowest BCUT2D eigenvalue weighted by Crippen LogP contribution is -2.44. The van der Waals surface area contributed by atoms with Gasteiger partial charge in [0.1, 0.15) is 17.1 Å². The monoisotopic (exact) mass is 446 g/mol. The van der Waals surface area contributed by atoms with Crippen molar-refractivity contribution in [1.82, 2.24) is 10.9 Å². The molecule has 0 saturated heterocycles. The first kappa shape index (κ1) is 22.2. The largest absolute Gasteiger partial charge is 0.497 e. The molecule has 0 heterocycles. The molecule has 3 aromatic rings. The van der Waals surface area contributed by atoms with Crippen LogP contribution in [-0.4, -0.2) is 26.2 Å². The van der Waals surface area contributed by atoms with Gasteiger partial charge in [0.15, 0.2) is 0 Å². The van der Waals surface area contributed by atoms with Crippen molar-refractivity contribution in [3.63, 3.8) is 0 Å². The van der Waals surface area contributed by atoms with Crippen LogP contribution in [-0.2, 0) is 16.8 Å². The summed E-state index contributed by atoms with van der Waals surface area (Å²) in [6.07, 6.45) is -0.115. The Morgan fingerprint density at radius 2 is 1.52 bits per heavy atom. The van der Waals surface area contributed by atoms with Gasteiger partial charge in [-0.15, -0.1) is 0 Å². The van der Waals surface area contributed by atoms with E-state index in [4.69, 9.17) is 14.2 Å². The number of carbonyl (C=O) groups is 2. The van der Waals surface area contributed by atoms with Crippen molar-refractivity contribution in [1.29, 1.82) is 0 Å². The zero-order valence-corrected chi connectivity index (χ0v) is 19.0. The summed E-state index contributed by atoms with van der Waals surface area (Å²) in [6.45, 7) is 3.48. The van der Waals surface area contributed by atoms with Crippen LogP contribution in [0.1, 0.15) is 40.9 Å². The van der Waals surface area contributed by atoms with Crippen molar-refractivity contribution in [2.45, 2.75) is 25.9 Å². The average molecular weight is 447 g/mol. The minimum absolute atomic E-state index is 0.405. The fourth-order valence-corrected chi connectivity index (χ4v) is 4.02. The maximum Gasteiger partial charge on any atom is 0.426 e. The molecule has 0 unspecified atom stereocenters. The maximum atomic E-state index is 12.8. The fraction of sp³-hybridized carbons (Fsp3) is 0.231. The summed E-state index contributed by atoms with van der Waals surface area (Å²) in [4.78, 5) is 25.3. The van der Waals surface area contributed by atoms with E-state index in [0.29, 0.717) is 29.0 Å². The van der Waals surface area contributed by atoms with Crippen molar-refractivity contribution in [2.24, 2.45) is 0 Å². The molecule has 0 atom stereocenters. The van der Waals surface area contributed by atoms with Crippen LogP contribution >= 0.6 is 0 Å². The highest BCUT2D eigenvalue weighted by Crippen LogP contribution is 2.38. The third kappa shape index (κ3) is 4.48. The topological polar surface area (TPSA) is 85.9 Å². The highest BCUT2D eigenvalue weighted by Gasteiger charge is 2.28. The summed E-state index contributed by atoms with van der Waals surface area (Å²) in [6, 6.07) is 18.9. The number of hydrogen-bond acceptors (Lipinski definition) is 5. The van der Waals surface area contributed by atoms with Gasteiger partial charge in [-0.05, 0) is 60.7 Å². The molecule has 0 aromatic heterocycles. The molecular weight excluding hydrogens is 420 g/mol. The number of hydrazine groups is 1. The number of benzene rings is 3. The molecule has 0 bridgehead atoms. The second-order valence-electron chi connectivity index (χ2n) is 8.25. The molecular formula is C26H26N2O5. The van der Waals surface area contributed by atoms with E-state index in [1.165, 1.54) is 5.56 Å². The third-order valence-electron chi connectivity index (χ3n) is 5.77. The molecule has 2 N–H and O–H groups in total. The molecule has 33 heavy (non-hydrogen) atoms. The van der Waals surface area contributed by atoms with Gasteiger partial charge in [-0.1, -0.05) is 36.4 Å². The predicted octanol–water partition coefficient (Wildman–Crippen LogP) is 4.58. The number of methoxy groups -OCH3 is 2. The van der Waals surface area contributed by atoms with Crippen LogP contribution in [0.2, 0.25) is 0 Å². The molecule has 0 spiro atoms. The Morgan fingerprint density at radius 3 is 2.21 bits per heavy atom. The summed E-state index contributed by atoms with van der Waals surface area (Å²) in [5.74, 6) is 0.750. The lowest BCUT2D eigenvalue weighted by Gasteiger charge is -2.26. The molecule has 7 nitrogen and oxygen atoms in total. The summed E-state index contributed by atoms with van der Waals surface area (Å²) in [5.41, 5.74) is 9.28. The summed E-state index contributed by atoms with van der Waals surface area (Å²) in [7, 11) is 3.10. The predicted molar refractivity (Wildman–Crippen MR) is 124 cm³/mol. The molecule has 0 saturated carbocycles. The van der Waals surface area contributed by atoms with E-state index in [-0.39, 0.29) is 0 Å². The van der Waals surface area contributed by atoms with Gasteiger partial charge in [0.25, 0.3) is 5.91 Å². The lowest BCUT2D eigenvalue weighted by molar-refractivity contribution is 0.0328. The molecule has 4 rings (SSSR count). The minimum atomic E-state index is -1.01. The number of fused-ring (bicyclic) bond motifs is 3. The van der Waals surface area contributed by atoms with Crippen molar-refractivity contribution in [2.75, 3.05) is 14.2 Å². The highest BCUT2D eigenvalue weighted by atomic mass is 16.6. The highest BCUT2D eigenvalue weighted by molar-refractivity contribution is 5.99. The second kappa shape index (κ2) is 8.86. The normalized spacial score (nSPS) is 11.8. The maximum absolute atomic E-state index is 12.8. The number of hydrogen-bond donors (Lipinski definition) is 2. The first-order valence-electron chi connectivity index (χ1n) is 10.6. The van der Waals surface area contributed by atoms with Crippen LogP contribution in [0, 0.1) is 0 Å². The van der Waals surface area contributed by atoms with Crippen molar-refractivity contribution in [3.8, 4) is 22.6 Å². The van der Waals surface area contributed by atoms with Crippen molar-refractivity contribution in [3.05, 3.63) is 82.9 Å². The van der Waals surface area contributed by atoms with Gasteiger partial charge < -0.3 is 14.2 Å². The van der Waals surface area contributed by atoms with Crippen LogP contribution in [0.3, 0.4) is 0 Å². The van der Waals surface area contributed by atoms with E-state index in [0.717, 1.165) is 16.7 Å². The number of ether oxygens (including phenoxy) is 3. The first-order chi connectivity index (χ1) is 15.8. The molecule has 1 aliphatic rings. The van der Waals surface area contributed by atoms with Gasteiger partial charge in [-0.2, -0.15) is 0 Å². The van der Waals surface area contributed by atoms with Gasteiger partial charge >= 0.3 is 6.09 Å². The van der Waals surface area contributed by atoms with Gasteiger partial charge in [-0.3, -0.25) is 10.2 Å². The Bertz CT molecular complexity index is 1200. The summed E-state index contributed by atoms with van der Waals surface area (Å²) < 4.78 is 16.2. The smallest absolute Gasteiger partial charge is 0.426 e. The zero-order chi connectivity index (χ0) is 23.6. The molecule has 2 amide bonds. The number of amides is 2. The minimum Gasteiger partial charge on any atom is -0.497 e. The molecule has 170 valence electrons. The third-order valence-corrected chi connectivity index (χ3v) is 5.77. The molecule has 7 heteroatoms. The Kier molecular flexibility index (Phi) is 5.96. The van der Waals surface area contributed by atoms with Gasteiger partial charge in [-0.25, -0.2) is 10.2 Å². The number of rotatable bonds is 5. The van der Waals surface area contributed by atoms with E-state index < -0.39 is 17.6 Å². The Labute approximate surface area is 192 Å². The van der Waals surface area contributed by atoms with Crippen molar-refractivity contribution >= 4 is 12.0 Å². The van der Waals surface area contributed by atoms with E-state index in [9.17, 15) is 9.59 Å². The average Bonchev–Trinajstić information content (AvgIpc) is 3.20. The Balaban J connectivity index is 1.43. The van der Waals surface area contributed by atoms with E-state index in [1.54, 1.807) is 52.3 Å². The molecule has 0 fully saturated rings. The zero-order valence-electron chi connectivity index (χ0n) is 19.0. The Morgan fingerprint density at radius 1 is 0.848 bits per heavy atom.